The molecule has 55 heavy (non-hydrogen) atoms. The molecule has 1 N–H and O–H groups in total. The zero-order chi connectivity index (χ0) is 40.5. The van der Waals surface area contributed by atoms with E-state index < -0.39 is 26.5 Å². The van der Waals surface area contributed by atoms with Crippen LogP contribution in [0, 0.1) is 0 Å². The van der Waals surface area contributed by atoms with Gasteiger partial charge in [-0.3, -0.25) is 18.6 Å². The molecule has 4 atom stereocenters. The molecule has 0 spiro atoms. The second-order valence-electron chi connectivity index (χ2n) is 16.5. The molecule has 0 radical (unpaired) electrons. The third-order valence-corrected chi connectivity index (χ3v) is 10.9. The second-order valence-corrected chi connectivity index (χ2v) is 17.9. The molecule has 322 valence electrons. The van der Waals surface area contributed by atoms with E-state index in [9.17, 15) is 19.0 Å². The van der Waals surface area contributed by atoms with Gasteiger partial charge < -0.3 is 23.6 Å². The van der Waals surface area contributed by atoms with Crippen molar-refractivity contribution in [3.05, 3.63) is 24.3 Å². The van der Waals surface area contributed by atoms with Crippen molar-refractivity contribution >= 4 is 19.8 Å². The first-order valence-corrected chi connectivity index (χ1v) is 23.7. The van der Waals surface area contributed by atoms with Crippen LogP contribution >= 0.6 is 7.82 Å². The molecule has 0 bridgehead atoms. The van der Waals surface area contributed by atoms with Crippen molar-refractivity contribution < 1.29 is 46.8 Å². The highest BCUT2D eigenvalue weighted by molar-refractivity contribution is 7.47. The molecule has 10 nitrogen and oxygen atoms in total. The third-order valence-electron chi connectivity index (χ3n) is 9.88. The van der Waals surface area contributed by atoms with E-state index in [0.717, 1.165) is 70.6 Å². The van der Waals surface area contributed by atoms with E-state index in [1.165, 1.54) is 70.6 Å². The highest BCUT2D eigenvalue weighted by Gasteiger charge is 2.36. The molecule has 0 saturated carbocycles. The van der Waals surface area contributed by atoms with Gasteiger partial charge in [0.15, 0.2) is 6.10 Å². The number of nitrogens with zero attached hydrogens (tertiary/aromatic N) is 1. The number of unbranched alkanes of at least 4 members (excludes halogenated alkanes) is 18. The van der Waals surface area contributed by atoms with Gasteiger partial charge in [0.25, 0.3) is 0 Å². The van der Waals surface area contributed by atoms with E-state index in [0.29, 0.717) is 36.1 Å². The Kier molecular flexibility index (Phi) is 31.3. The van der Waals surface area contributed by atoms with Gasteiger partial charge in [-0.05, 0) is 64.2 Å². The second kappa shape index (κ2) is 33.4. The Bertz CT molecular complexity index is 1060. The predicted octanol–water partition coefficient (Wildman–Crippen LogP) is 11.3. The molecular weight excluding hydrogens is 717 g/mol. The summed E-state index contributed by atoms with van der Waals surface area (Å²) in [6, 6.07) is 0. The average molecular weight is 801 g/mol. The van der Waals surface area contributed by atoms with E-state index in [1.807, 2.05) is 21.1 Å². The zero-order valence-corrected chi connectivity index (χ0v) is 36.8. The standard InChI is InChI=1S/C44H82NO9P/c1-6-8-10-12-14-15-16-17-18-19-20-21-22-26-31-35-44(47)53-40(39-52-55(48,49)51-37-36-45(3,4)5)38-50-43(46)34-30-27-23-25-29-33-42-41(54-42)32-28-24-13-11-9-7-2/h17-18,24,28,40-42H,6-16,19-23,25-27,29-39H2,1-5H3/p+1/b18-17-,28-24-/t40-,41?,42?/m1/s1. The minimum absolute atomic E-state index is 0.0257. The van der Waals surface area contributed by atoms with Gasteiger partial charge in [-0.1, -0.05) is 128 Å². The Morgan fingerprint density at radius 1 is 0.655 bits per heavy atom. The van der Waals surface area contributed by atoms with Gasteiger partial charge in [-0.2, -0.15) is 0 Å². The Hall–Kier alpha value is -1.55. The summed E-state index contributed by atoms with van der Waals surface area (Å²) in [6.07, 6.45) is 36.7. The Balaban J connectivity index is 2.29. The number of carbonyl (C=O) groups is 2. The van der Waals surface area contributed by atoms with Crippen molar-refractivity contribution in [3.63, 3.8) is 0 Å². The number of hydrogen-bond acceptors (Lipinski definition) is 8. The molecule has 1 fully saturated rings. The van der Waals surface area contributed by atoms with Crippen molar-refractivity contribution in [3.8, 4) is 0 Å². The van der Waals surface area contributed by atoms with E-state index in [1.54, 1.807) is 0 Å². The predicted molar refractivity (Wildman–Crippen MR) is 224 cm³/mol. The number of esters is 2. The average Bonchev–Trinajstić information content (AvgIpc) is 3.89. The van der Waals surface area contributed by atoms with E-state index in [4.69, 9.17) is 23.3 Å². The first-order valence-electron chi connectivity index (χ1n) is 22.2. The minimum atomic E-state index is -4.38. The molecule has 1 aliphatic heterocycles. The van der Waals surface area contributed by atoms with Crippen LogP contribution in [0.1, 0.15) is 181 Å². The SMILES string of the molecule is CCCCC/C=C\CC1OC1CCCCCCCC(=O)OC[C@H](COP(=O)(O)OCC[N+](C)(C)C)OC(=O)CCCCCCC/C=C\CCCCCCCC. The van der Waals surface area contributed by atoms with Crippen molar-refractivity contribution in [2.24, 2.45) is 0 Å². The van der Waals surface area contributed by atoms with Gasteiger partial charge in [-0.15, -0.1) is 0 Å². The van der Waals surface area contributed by atoms with Gasteiger partial charge >= 0.3 is 19.8 Å². The van der Waals surface area contributed by atoms with Crippen LogP contribution in [-0.2, 0) is 37.4 Å². The molecule has 1 aliphatic rings. The Labute approximate surface area is 336 Å². The lowest BCUT2D eigenvalue weighted by Crippen LogP contribution is -2.37. The van der Waals surface area contributed by atoms with Crippen molar-refractivity contribution in [2.75, 3.05) is 47.5 Å². The number of carbonyl (C=O) groups excluding carboxylic acids is 2. The van der Waals surface area contributed by atoms with Crippen LogP contribution in [0.2, 0.25) is 0 Å². The smallest absolute Gasteiger partial charge is 0.462 e. The van der Waals surface area contributed by atoms with Crippen molar-refractivity contribution in [2.45, 2.75) is 199 Å². The summed E-state index contributed by atoms with van der Waals surface area (Å²) in [5.74, 6) is -0.829. The van der Waals surface area contributed by atoms with Crippen molar-refractivity contribution in [1.29, 1.82) is 0 Å². The number of phosphoric ester groups is 1. The molecule has 1 rings (SSSR count). The van der Waals surface area contributed by atoms with E-state index in [-0.39, 0.29) is 32.0 Å². The molecule has 1 heterocycles. The lowest BCUT2D eigenvalue weighted by atomic mass is 10.1. The number of ether oxygens (including phenoxy) is 3. The fourth-order valence-corrected chi connectivity index (χ4v) is 6.99. The van der Waals surface area contributed by atoms with E-state index in [2.05, 4.69) is 38.2 Å². The van der Waals surface area contributed by atoms with Gasteiger partial charge in [-0.25, -0.2) is 4.57 Å². The number of phosphoric acid groups is 1. The minimum Gasteiger partial charge on any atom is -0.462 e. The fourth-order valence-electron chi connectivity index (χ4n) is 6.25. The number of epoxide rings is 1. The summed E-state index contributed by atoms with van der Waals surface area (Å²) >= 11 is 0. The fraction of sp³-hybridized carbons (Fsp3) is 0.864. The number of quaternary nitrogens is 1. The summed E-state index contributed by atoms with van der Waals surface area (Å²) in [5.41, 5.74) is 0. The lowest BCUT2D eigenvalue weighted by molar-refractivity contribution is -0.870. The molecule has 0 aromatic carbocycles. The summed E-state index contributed by atoms with van der Waals surface area (Å²) in [5, 5.41) is 0. The maximum Gasteiger partial charge on any atom is 0.472 e. The maximum atomic E-state index is 12.7. The molecular formula is C44H83NO9P+. The maximum absolute atomic E-state index is 12.7. The van der Waals surface area contributed by atoms with Crippen LogP contribution in [0.3, 0.4) is 0 Å². The molecule has 0 amide bonds. The molecule has 1 saturated heterocycles. The van der Waals surface area contributed by atoms with Gasteiger partial charge in [0.2, 0.25) is 0 Å². The summed E-state index contributed by atoms with van der Waals surface area (Å²) in [7, 11) is 1.46. The zero-order valence-electron chi connectivity index (χ0n) is 35.9. The number of rotatable bonds is 39. The monoisotopic (exact) mass is 801 g/mol. The van der Waals surface area contributed by atoms with Gasteiger partial charge in [0, 0.05) is 12.8 Å². The normalized spacial score (nSPS) is 17.5. The van der Waals surface area contributed by atoms with Crippen LogP contribution < -0.4 is 0 Å². The number of allylic oxidation sites excluding steroid dienone is 3. The van der Waals surface area contributed by atoms with Crippen LogP contribution in [0.4, 0.5) is 0 Å². The first kappa shape index (κ1) is 51.5. The van der Waals surface area contributed by atoms with Gasteiger partial charge in [0.05, 0.1) is 40.0 Å². The Morgan fingerprint density at radius 3 is 1.78 bits per heavy atom. The number of hydrogen-bond donors (Lipinski definition) is 1. The molecule has 0 aliphatic carbocycles. The van der Waals surface area contributed by atoms with Crippen LogP contribution in [0.5, 0.6) is 0 Å². The lowest BCUT2D eigenvalue weighted by Gasteiger charge is -2.24. The summed E-state index contributed by atoms with van der Waals surface area (Å²) in [6.45, 7) is 4.35. The Morgan fingerprint density at radius 2 is 1.16 bits per heavy atom. The molecule has 0 aromatic heterocycles. The van der Waals surface area contributed by atoms with Gasteiger partial charge in [0.1, 0.15) is 19.8 Å². The number of likely N-dealkylation sites (N-methyl/N-ethyl adjacent to an activating group) is 1. The van der Waals surface area contributed by atoms with Crippen LogP contribution in [0.25, 0.3) is 0 Å². The van der Waals surface area contributed by atoms with E-state index >= 15 is 0 Å². The van der Waals surface area contributed by atoms with Crippen LogP contribution in [-0.4, -0.2) is 87.1 Å². The largest absolute Gasteiger partial charge is 0.472 e. The third kappa shape index (κ3) is 34.2. The molecule has 11 heteroatoms. The summed E-state index contributed by atoms with van der Waals surface area (Å²) in [4.78, 5) is 35.4. The van der Waals surface area contributed by atoms with Crippen LogP contribution in [0.15, 0.2) is 24.3 Å². The van der Waals surface area contributed by atoms with Crippen molar-refractivity contribution in [1.82, 2.24) is 0 Å². The highest BCUT2D eigenvalue weighted by Crippen LogP contribution is 2.43. The highest BCUT2D eigenvalue weighted by atomic mass is 31.2. The molecule has 3 unspecified atom stereocenters. The summed E-state index contributed by atoms with van der Waals surface area (Å²) < 4.78 is 40.1. The molecule has 0 aromatic rings. The first-order chi connectivity index (χ1) is 26.5. The topological polar surface area (TPSA) is 121 Å². The quantitative estimate of drug-likeness (QED) is 0.0162.